The monoisotopic (exact) mass is 281 g/mol. The molecule has 0 nitrogen and oxygen atoms in total. The van der Waals surface area contributed by atoms with Crippen molar-refractivity contribution in [2.75, 3.05) is 0 Å². The molecule has 0 atom stereocenters. The number of hydrogen-bond donors (Lipinski definition) is 0. The molecule has 0 bridgehead atoms. The fourth-order valence-electron chi connectivity index (χ4n) is 3.06. The van der Waals surface area contributed by atoms with Crippen molar-refractivity contribution >= 4 is 10.8 Å². The maximum atomic E-state index is 3.89. The zero-order valence-corrected chi connectivity index (χ0v) is 13.3. The van der Waals surface area contributed by atoms with Crippen LogP contribution < -0.4 is 0 Å². The summed E-state index contributed by atoms with van der Waals surface area (Å²) in [5.74, 6) is 0. The number of fused-ring (bicyclic) bond motifs is 1. The molecule has 0 saturated carbocycles. The van der Waals surface area contributed by atoms with Gasteiger partial charge in [0.25, 0.3) is 0 Å². The van der Waals surface area contributed by atoms with Gasteiger partial charge >= 0.3 is 0 Å². The first-order chi connectivity index (χ1) is 10.4. The highest BCUT2D eigenvalue weighted by molar-refractivity contribution is 5.85. The van der Waals surface area contributed by atoms with Crippen LogP contribution in [0.25, 0.3) is 10.8 Å². The third kappa shape index (κ3) is 5.53. The lowest BCUT2D eigenvalue weighted by Gasteiger charge is -2.06. The molecule has 0 amide bonds. The fraction of sp³-hybridized carbons (Fsp3) is 0.476. The van der Waals surface area contributed by atoms with Gasteiger partial charge in [-0.1, -0.05) is 101 Å². The Balaban J connectivity index is 1.64. The SMILES string of the molecule is [CH2]CCCCCCCCCCc1cccc2ccccc12. The Hall–Kier alpha value is -1.30. The molecule has 21 heavy (non-hydrogen) atoms. The molecule has 0 spiro atoms. The summed E-state index contributed by atoms with van der Waals surface area (Å²) in [6, 6.07) is 15.4. The van der Waals surface area contributed by atoms with Crippen molar-refractivity contribution in [1.82, 2.24) is 0 Å². The Labute approximate surface area is 130 Å². The number of hydrogen-bond acceptors (Lipinski definition) is 0. The van der Waals surface area contributed by atoms with Crippen LogP contribution in [-0.2, 0) is 6.42 Å². The summed E-state index contributed by atoms with van der Waals surface area (Å²) in [5.41, 5.74) is 1.52. The Morgan fingerprint density at radius 3 is 2.00 bits per heavy atom. The Bertz CT molecular complexity index is 507. The van der Waals surface area contributed by atoms with Gasteiger partial charge in [-0.05, 0) is 29.2 Å². The van der Waals surface area contributed by atoms with Gasteiger partial charge in [-0.3, -0.25) is 0 Å². The number of aryl methyl sites for hydroxylation is 1. The third-order valence-corrected chi connectivity index (χ3v) is 4.33. The van der Waals surface area contributed by atoms with E-state index in [1.54, 1.807) is 0 Å². The summed E-state index contributed by atoms with van der Waals surface area (Å²) < 4.78 is 0. The van der Waals surface area contributed by atoms with Crippen LogP contribution in [0.15, 0.2) is 42.5 Å². The highest BCUT2D eigenvalue weighted by Crippen LogP contribution is 2.20. The molecule has 0 unspecified atom stereocenters. The summed E-state index contributed by atoms with van der Waals surface area (Å²) in [5, 5.41) is 2.81. The second kappa shape index (κ2) is 9.60. The van der Waals surface area contributed by atoms with Gasteiger partial charge in [0.05, 0.1) is 0 Å². The van der Waals surface area contributed by atoms with E-state index >= 15 is 0 Å². The standard InChI is InChI=1S/C21H29/c1-2-3-4-5-6-7-8-9-10-14-19-16-13-17-20-15-11-12-18-21(19)20/h11-13,15-18H,1-10,14H2. The van der Waals surface area contributed by atoms with Gasteiger partial charge in [-0.15, -0.1) is 0 Å². The smallest absolute Gasteiger partial charge is 0.0152 e. The quantitative estimate of drug-likeness (QED) is 0.424. The fourth-order valence-corrected chi connectivity index (χ4v) is 3.06. The van der Waals surface area contributed by atoms with Gasteiger partial charge in [0.15, 0.2) is 0 Å². The Morgan fingerprint density at radius 1 is 0.619 bits per heavy atom. The van der Waals surface area contributed by atoms with Crippen molar-refractivity contribution in [2.24, 2.45) is 0 Å². The van der Waals surface area contributed by atoms with Crippen molar-refractivity contribution in [3.05, 3.63) is 55.0 Å². The lowest BCUT2D eigenvalue weighted by Crippen LogP contribution is -1.88. The van der Waals surface area contributed by atoms with Gasteiger partial charge in [-0.25, -0.2) is 0 Å². The van der Waals surface area contributed by atoms with Crippen molar-refractivity contribution in [2.45, 2.75) is 64.2 Å². The second-order valence-corrected chi connectivity index (χ2v) is 6.07. The first-order valence-electron chi connectivity index (χ1n) is 8.67. The van der Waals surface area contributed by atoms with Crippen LogP contribution >= 0.6 is 0 Å². The average molecular weight is 281 g/mol. The lowest BCUT2D eigenvalue weighted by atomic mass is 9.99. The maximum absolute atomic E-state index is 3.89. The molecule has 2 aromatic carbocycles. The minimum absolute atomic E-state index is 1.10. The molecule has 0 aromatic heterocycles. The molecule has 0 aliphatic carbocycles. The number of unbranched alkanes of at least 4 members (excludes halogenated alkanes) is 8. The lowest BCUT2D eigenvalue weighted by molar-refractivity contribution is 0.569. The Kier molecular flexibility index (Phi) is 7.35. The Morgan fingerprint density at radius 2 is 1.24 bits per heavy atom. The predicted molar refractivity (Wildman–Crippen MR) is 94.6 cm³/mol. The van der Waals surface area contributed by atoms with Crippen LogP contribution in [0.4, 0.5) is 0 Å². The van der Waals surface area contributed by atoms with Crippen molar-refractivity contribution in [3.63, 3.8) is 0 Å². The van der Waals surface area contributed by atoms with E-state index in [4.69, 9.17) is 0 Å². The average Bonchev–Trinajstić information content (AvgIpc) is 2.53. The van der Waals surface area contributed by atoms with E-state index in [1.807, 2.05) is 0 Å². The molecule has 2 rings (SSSR count). The molecular weight excluding hydrogens is 252 g/mol. The summed E-state index contributed by atoms with van der Waals surface area (Å²) in [7, 11) is 0. The van der Waals surface area contributed by atoms with Crippen LogP contribution in [-0.4, -0.2) is 0 Å². The zero-order chi connectivity index (χ0) is 14.8. The largest absolute Gasteiger partial charge is 0.0616 e. The second-order valence-electron chi connectivity index (χ2n) is 6.07. The van der Waals surface area contributed by atoms with Gasteiger partial charge in [-0.2, -0.15) is 0 Å². The number of benzene rings is 2. The molecule has 0 fully saturated rings. The first-order valence-corrected chi connectivity index (χ1v) is 8.67. The molecule has 0 aliphatic rings. The molecule has 0 saturated heterocycles. The van der Waals surface area contributed by atoms with E-state index in [2.05, 4.69) is 49.4 Å². The third-order valence-electron chi connectivity index (χ3n) is 4.33. The van der Waals surface area contributed by atoms with Gasteiger partial charge in [0.1, 0.15) is 0 Å². The van der Waals surface area contributed by atoms with Crippen LogP contribution in [0.5, 0.6) is 0 Å². The van der Waals surface area contributed by atoms with E-state index in [9.17, 15) is 0 Å². The van der Waals surface area contributed by atoms with E-state index in [0.29, 0.717) is 0 Å². The van der Waals surface area contributed by atoms with E-state index in [0.717, 1.165) is 6.42 Å². The molecule has 0 aliphatic heterocycles. The summed E-state index contributed by atoms with van der Waals surface area (Å²) in [6.07, 6.45) is 13.3. The van der Waals surface area contributed by atoms with Gasteiger partial charge in [0.2, 0.25) is 0 Å². The molecule has 0 heterocycles. The minimum atomic E-state index is 1.10. The maximum Gasteiger partial charge on any atom is -0.0152 e. The molecule has 2 aromatic rings. The van der Waals surface area contributed by atoms with Gasteiger partial charge in [0, 0.05) is 0 Å². The van der Waals surface area contributed by atoms with Crippen molar-refractivity contribution in [1.29, 1.82) is 0 Å². The summed E-state index contributed by atoms with van der Waals surface area (Å²) in [4.78, 5) is 0. The predicted octanol–water partition coefficient (Wildman–Crippen LogP) is 6.73. The molecule has 0 heteroatoms. The van der Waals surface area contributed by atoms with Crippen molar-refractivity contribution in [3.8, 4) is 0 Å². The van der Waals surface area contributed by atoms with Gasteiger partial charge < -0.3 is 0 Å². The van der Waals surface area contributed by atoms with Crippen LogP contribution in [0.3, 0.4) is 0 Å². The molecule has 0 N–H and O–H groups in total. The molecule has 113 valence electrons. The number of rotatable bonds is 10. The van der Waals surface area contributed by atoms with Crippen LogP contribution in [0.2, 0.25) is 0 Å². The normalized spacial score (nSPS) is 11.1. The van der Waals surface area contributed by atoms with E-state index in [1.165, 1.54) is 74.1 Å². The van der Waals surface area contributed by atoms with Crippen molar-refractivity contribution < 1.29 is 0 Å². The van der Waals surface area contributed by atoms with E-state index < -0.39 is 0 Å². The van der Waals surface area contributed by atoms with Crippen LogP contribution in [0.1, 0.15) is 63.4 Å². The first kappa shape index (κ1) is 16.1. The highest BCUT2D eigenvalue weighted by Gasteiger charge is 2.00. The van der Waals surface area contributed by atoms with E-state index in [-0.39, 0.29) is 0 Å². The molecular formula is C21H29. The summed E-state index contributed by atoms with van der Waals surface area (Å²) >= 11 is 0. The highest BCUT2D eigenvalue weighted by atomic mass is 14.0. The zero-order valence-electron chi connectivity index (χ0n) is 13.3. The molecule has 1 radical (unpaired) electrons. The topological polar surface area (TPSA) is 0 Å². The summed E-state index contributed by atoms with van der Waals surface area (Å²) in [6.45, 7) is 3.89. The van der Waals surface area contributed by atoms with Crippen LogP contribution in [0, 0.1) is 6.92 Å². The minimum Gasteiger partial charge on any atom is -0.0616 e.